The van der Waals surface area contributed by atoms with Gasteiger partial charge in [-0.2, -0.15) is 0 Å². The lowest BCUT2D eigenvalue weighted by molar-refractivity contribution is 0.947. The molecule has 0 fully saturated rings. The van der Waals surface area contributed by atoms with Crippen molar-refractivity contribution in [1.82, 2.24) is 9.55 Å². The summed E-state index contributed by atoms with van der Waals surface area (Å²) in [5.41, 5.74) is 4.16. The fourth-order valence-electron chi connectivity index (χ4n) is 3.07. The van der Waals surface area contributed by atoms with Gasteiger partial charge in [0, 0.05) is 29.9 Å². The van der Waals surface area contributed by atoms with E-state index >= 15 is 0 Å². The molecule has 3 aromatic heterocycles. The third kappa shape index (κ3) is 2.87. The van der Waals surface area contributed by atoms with Gasteiger partial charge in [0.05, 0.1) is 22.3 Å². The number of aryl methyl sites for hydroxylation is 2. The van der Waals surface area contributed by atoms with Gasteiger partial charge in [0.15, 0.2) is 0 Å². The average Bonchev–Trinajstić information content (AvgIpc) is 3.15. The Morgan fingerprint density at radius 3 is 2.92 bits per heavy atom. The van der Waals surface area contributed by atoms with Crippen molar-refractivity contribution in [3.63, 3.8) is 0 Å². The number of nitrogens with zero attached hydrogens (tertiary/aromatic N) is 2. The number of benzene rings is 1. The lowest BCUT2D eigenvalue weighted by Gasteiger charge is -2.03. The van der Waals surface area contributed by atoms with E-state index in [1.807, 2.05) is 30.1 Å². The molecular weight excluding hydrogens is 338 g/mol. The first-order valence-electron chi connectivity index (χ1n) is 8.47. The fourth-order valence-corrected chi connectivity index (χ4v) is 4.13. The van der Waals surface area contributed by atoms with Crippen LogP contribution in [0.3, 0.4) is 0 Å². The molecule has 0 aliphatic carbocycles. The van der Waals surface area contributed by atoms with Crippen molar-refractivity contribution in [2.45, 2.75) is 6.92 Å². The second-order valence-electron chi connectivity index (χ2n) is 6.22. The Morgan fingerprint density at radius 1 is 1.27 bits per heavy atom. The first-order chi connectivity index (χ1) is 12.7. The van der Waals surface area contributed by atoms with Gasteiger partial charge in [0.2, 0.25) is 0 Å². The summed E-state index contributed by atoms with van der Waals surface area (Å²) in [6.45, 7) is 6.59. The van der Waals surface area contributed by atoms with E-state index in [0.29, 0.717) is 6.54 Å². The highest BCUT2D eigenvalue weighted by atomic mass is 32.1. The second kappa shape index (κ2) is 6.70. The highest BCUT2D eigenvalue weighted by molar-refractivity contribution is 7.19. The Balaban J connectivity index is 1.78. The van der Waals surface area contributed by atoms with Crippen molar-refractivity contribution in [2.24, 2.45) is 7.05 Å². The molecule has 4 heteroatoms. The first kappa shape index (κ1) is 16.4. The van der Waals surface area contributed by atoms with Crippen LogP contribution in [0.25, 0.3) is 21.1 Å². The van der Waals surface area contributed by atoms with E-state index in [9.17, 15) is 0 Å². The maximum Gasteiger partial charge on any atom is 0.141 e. The van der Waals surface area contributed by atoms with Crippen molar-refractivity contribution in [3.8, 4) is 11.8 Å². The van der Waals surface area contributed by atoms with E-state index < -0.39 is 0 Å². The number of aromatic nitrogens is 2. The molecule has 0 bridgehead atoms. The molecule has 4 aromatic rings. The molecular formula is C22H19N3S. The van der Waals surface area contributed by atoms with Crippen molar-refractivity contribution >= 4 is 38.1 Å². The molecule has 0 radical (unpaired) electrons. The molecule has 3 nitrogen and oxygen atoms in total. The largest absolute Gasteiger partial charge is 0.380 e. The van der Waals surface area contributed by atoms with E-state index in [0.717, 1.165) is 27.2 Å². The number of thiophene rings is 1. The molecule has 0 unspecified atom stereocenters. The fraction of sp³-hybridized carbons (Fsp3) is 0.136. The minimum Gasteiger partial charge on any atom is -0.380 e. The van der Waals surface area contributed by atoms with Crippen LogP contribution in [-0.4, -0.2) is 16.1 Å². The summed E-state index contributed by atoms with van der Waals surface area (Å²) in [5.74, 6) is 6.74. The SMILES string of the molecule is C=CCNc1cnc2c(c1)c(C#Cc1sc3ccccc3c1C)cn2C. The zero-order valence-electron chi connectivity index (χ0n) is 14.8. The number of fused-ring (bicyclic) bond motifs is 2. The van der Waals surface area contributed by atoms with Crippen LogP contribution in [0.5, 0.6) is 0 Å². The van der Waals surface area contributed by atoms with Crippen molar-refractivity contribution in [2.75, 3.05) is 11.9 Å². The molecule has 0 aliphatic heterocycles. The van der Waals surface area contributed by atoms with Crippen LogP contribution in [0.1, 0.15) is 16.0 Å². The van der Waals surface area contributed by atoms with Gasteiger partial charge >= 0.3 is 0 Å². The van der Waals surface area contributed by atoms with Crippen LogP contribution in [0, 0.1) is 18.8 Å². The predicted octanol–water partition coefficient (Wildman–Crippen LogP) is 5.09. The minimum absolute atomic E-state index is 0.710. The number of anilines is 1. The number of hydrogen-bond donors (Lipinski definition) is 1. The molecule has 128 valence electrons. The van der Waals surface area contributed by atoms with E-state index in [-0.39, 0.29) is 0 Å². The number of hydrogen-bond acceptors (Lipinski definition) is 3. The monoisotopic (exact) mass is 357 g/mol. The predicted molar refractivity (Wildman–Crippen MR) is 112 cm³/mol. The van der Waals surface area contributed by atoms with E-state index in [1.54, 1.807) is 11.3 Å². The van der Waals surface area contributed by atoms with E-state index in [4.69, 9.17) is 0 Å². The smallest absolute Gasteiger partial charge is 0.141 e. The van der Waals surface area contributed by atoms with Crippen LogP contribution >= 0.6 is 11.3 Å². The Kier molecular flexibility index (Phi) is 4.24. The lowest BCUT2D eigenvalue weighted by Crippen LogP contribution is -1.98. The van der Waals surface area contributed by atoms with Crippen LogP contribution in [0.4, 0.5) is 5.69 Å². The van der Waals surface area contributed by atoms with Crippen LogP contribution in [0.2, 0.25) is 0 Å². The van der Waals surface area contributed by atoms with Crippen molar-refractivity contribution in [1.29, 1.82) is 0 Å². The van der Waals surface area contributed by atoms with Crippen LogP contribution < -0.4 is 5.32 Å². The molecule has 0 atom stereocenters. The minimum atomic E-state index is 0.710. The molecule has 0 saturated heterocycles. The lowest BCUT2D eigenvalue weighted by atomic mass is 10.1. The van der Waals surface area contributed by atoms with Gasteiger partial charge in [0.1, 0.15) is 5.65 Å². The number of pyridine rings is 1. The molecule has 0 amide bonds. The first-order valence-corrected chi connectivity index (χ1v) is 9.29. The van der Waals surface area contributed by atoms with Crippen molar-refractivity contribution < 1.29 is 0 Å². The van der Waals surface area contributed by atoms with Crippen LogP contribution in [0.15, 0.2) is 55.4 Å². The summed E-state index contributed by atoms with van der Waals surface area (Å²) in [7, 11) is 2.00. The summed E-state index contributed by atoms with van der Waals surface area (Å²) >= 11 is 1.75. The number of rotatable bonds is 3. The van der Waals surface area contributed by atoms with Gasteiger partial charge in [-0.1, -0.05) is 36.1 Å². The highest BCUT2D eigenvalue weighted by Gasteiger charge is 2.08. The normalized spacial score (nSPS) is 10.7. The Labute approximate surface area is 157 Å². The zero-order chi connectivity index (χ0) is 18.1. The third-order valence-electron chi connectivity index (χ3n) is 4.42. The molecule has 1 N–H and O–H groups in total. The van der Waals surface area contributed by atoms with Gasteiger partial charge in [-0.25, -0.2) is 4.98 Å². The third-order valence-corrected chi connectivity index (χ3v) is 5.61. The van der Waals surface area contributed by atoms with Gasteiger partial charge in [0.25, 0.3) is 0 Å². The summed E-state index contributed by atoms with van der Waals surface area (Å²) in [6, 6.07) is 10.6. The molecule has 3 heterocycles. The molecule has 26 heavy (non-hydrogen) atoms. The van der Waals surface area contributed by atoms with Gasteiger partial charge < -0.3 is 9.88 Å². The summed E-state index contributed by atoms with van der Waals surface area (Å²) in [6.07, 6.45) is 5.73. The van der Waals surface area contributed by atoms with Gasteiger partial charge in [-0.05, 0) is 30.0 Å². The second-order valence-corrected chi connectivity index (χ2v) is 7.27. The maximum atomic E-state index is 4.56. The Hall–Kier alpha value is -3.03. The zero-order valence-corrected chi connectivity index (χ0v) is 15.7. The summed E-state index contributed by atoms with van der Waals surface area (Å²) in [5, 5.41) is 5.64. The molecule has 1 aromatic carbocycles. The number of nitrogens with one attached hydrogen (secondary N) is 1. The quantitative estimate of drug-likeness (QED) is 0.409. The van der Waals surface area contributed by atoms with Gasteiger partial charge in [-0.15, -0.1) is 17.9 Å². The Bertz CT molecular complexity index is 1180. The van der Waals surface area contributed by atoms with Crippen LogP contribution in [-0.2, 0) is 7.05 Å². The van der Waals surface area contributed by atoms with Gasteiger partial charge in [-0.3, -0.25) is 0 Å². The molecule has 0 spiro atoms. The molecule has 0 aliphatic rings. The van der Waals surface area contributed by atoms with Crippen molar-refractivity contribution in [3.05, 3.63) is 71.4 Å². The summed E-state index contributed by atoms with van der Waals surface area (Å²) in [4.78, 5) is 5.68. The summed E-state index contributed by atoms with van der Waals surface area (Å²) < 4.78 is 3.30. The topological polar surface area (TPSA) is 29.9 Å². The average molecular weight is 357 g/mol. The molecule has 4 rings (SSSR count). The standard InChI is InChI=1S/C22H19N3S/c1-4-11-23-17-12-19-16(14-25(3)22(19)24-13-17)9-10-20-15(2)18-7-5-6-8-21(18)26-20/h4-8,12-14,23H,1,11H2,2-3H3. The maximum absolute atomic E-state index is 4.56. The Morgan fingerprint density at radius 2 is 2.12 bits per heavy atom. The van der Waals surface area contributed by atoms with E-state index in [2.05, 4.69) is 66.0 Å². The van der Waals surface area contributed by atoms with E-state index in [1.165, 1.54) is 15.6 Å². The molecule has 0 saturated carbocycles. The highest BCUT2D eigenvalue weighted by Crippen LogP contribution is 2.30.